The molecule has 0 atom stereocenters. The summed E-state index contributed by atoms with van der Waals surface area (Å²) in [5, 5.41) is 0. The molecule has 3 aromatic rings. The average molecular weight is 559 g/mol. The topological polar surface area (TPSA) is 27.7 Å². The van der Waals surface area contributed by atoms with E-state index < -0.39 is 30.4 Å². The highest BCUT2D eigenvalue weighted by atomic mass is 28.4. The molecule has 0 aliphatic heterocycles. The van der Waals surface area contributed by atoms with Crippen molar-refractivity contribution in [1.29, 1.82) is 0 Å². The Labute approximate surface area is 232 Å². The molecule has 0 bridgehead atoms. The van der Waals surface area contributed by atoms with Crippen molar-refractivity contribution in [2.75, 3.05) is 0 Å². The van der Waals surface area contributed by atoms with Crippen LogP contribution in [0.4, 0.5) is 0 Å². The first-order valence-electron chi connectivity index (χ1n) is 13.0. The highest BCUT2D eigenvalue weighted by Crippen LogP contribution is 2.41. The van der Waals surface area contributed by atoms with E-state index in [1.54, 1.807) is 0 Å². The monoisotopic (exact) mass is 558 g/mol. The van der Waals surface area contributed by atoms with Gasteiger partial charge in [-0.15, -0.1) is 19.7 Å². The van der Waals surface area contributed by atoms with Crippen LogP contribution in [0.3, 0.4) is 0 Å². The van der Waals surface area contributed by atoms with Gasteiger partial charge in [0.2, 0.25) is 0 Å². The summed E-state index contributed by atoms with van der Waals surface area (Å²) >= 11 is 0. The third kappa shape index (κ3) is 7.07. The summed E-state index contributed by atoms with van der Waals surface area (Å²) in [5.74, 6) is 2.61. The van der Waals surface area contributed by atoms with Crippen LogP contribution in [-0.4, -0.2) is 25.0 Å². The fraction of sp³-hybridized carbons (Fsp3) is 0.250. The molecule has 0 heterocycles. The van der Waals surface area contributed by atoms with E-state index in [-0.39, 0.29) is 0 Å². The summed E-state index contributed by atoms with van der Waals surface area (Å²) in [6, 6.07) is 25.4. The van der Waals surface area contributed by atoms with Gasteiger partial charge in [-0.3, -0.25) is 0 Å². The maximum atomic E-state index is 6.25. The van der Waals surface area contributed by atoms with Gasteiger partial charge in [0.15, 0.2) is 0 Å². The number of hydrogen-bond donors (Lipinski definition) is 0. The van der Waals surface area contributed by atoms with Crippen molar-refractivity contribution < 1.29 is 13.3 Å². The molecule has 0 radical (unpaired) electrons. The molecule has 0 N–H and O–H groups in total. The van der Waals surface area contributed by atoms with E-state index in [1.165, 1.54) is 16.7 Å². The maximum absolute atomic E-state index is 6.25. The van der Waals surface area contributed by atoms with E-state index in [4.69, 9.17) is 13.3 Å². The van der Waals surface area contributed by atoms with Gasteiger partial charge in [0.25, 0.3) is 25.0 Å². The van der Waals surface area contributed by atoms with Crippen LogP contribution >= 0.6 is 0 Å². The molecule has 0 unspecified atom stereocenters. The molecule has 0 saturated carbocycles. The van der Waals surface area contributed by atoms with Crippen LogP contribution in [0.1, 0.15) is 23.6 Å². The maximum Gasteiger partial charge on any atom is 0.269 e. The van der Waals surface area contributed by atoms with Gasteiger partial charge in [-0.2, -0.15) is 0 Å². The Balaban J connectivity index is 2.05. The number of hydrogen-bond acceptors (Lipinski definition) is 3. The van der Waals surface area contributed by atoms with Crippen molar-refractivity contribution in [3.8, 4) is 17.2 Å². The van der Waals surface area contributed by atoms with Crippen LogP contribution in [0.25, 0.3) is 0 Å². The van der Waals surface area contributed by atoms with Gasteiger partial charge in [0.05, 0.1) is 0 Å². The quantitative estimate of drug-likeness (QED) is 0.164. The van der Waals surface area contributed by atoms with Crippen LogP contribution in [0.15, 0.2) is 110 Å². The van der Waals surface area contributed by atoms with Crippen molar-refractivity contribution in [3.63, 3.8) is 0 Å². The van der Waals surface area contributed by atoms with Crippen molar-refractivity contribution >= 4 is 25.0 Å². The fourth-order valence-electron chi connectivity index (χ4n) is 4.11. The number of rotatable bonds is 12. The highest BCUT2D eigenvalue weighted by Gasteiger charge is 2.32. The van der Waals surface area contributed by atoms with E-state index in [9.17, 15) is 0 Å². The molecule has 0 amide bonds. The zero-order valence-electron chi connectivity index (χ0n) is 24.0. The van der Waals surface area contributed by atoms with Crippen molar-refractivity contribution in [1.82, 2.24) is 0 Å². The van der Waals surface area contributed by atoms with Gasteiger partial charge in [0.1, 0.15) is 17.2 Å². The first-order valence-corrected chi connectivity index (χ1v) is 22.0. The van der Waals surface area contributed by atoms with Gasteiger partial charge in [0, 0.05) is 5.41 Å². The van der Waals surface area contributed by atoms with E-state index >= 15 is 0 Å². The lowest BCUT2D eigenvalue weighted by Crippen LogP contribution is -2.32. The Bertz CT molecular complexity index is 1100. The minimum atomic E-state index is -1.94. The molecule has 0 aromatic heterocycles. The van der Waals surface area contributed by atoms with E-state index in [1.807, 2.05) is 17.1 Å². The summed E-state index contributed by atoms with van der Waals surface area (Å²) in [6.45, 7) is 26.9. The second-order valence-corrected chi connectivity index (χ2v) is 22.9. The molecule has 0 spiro atoms. The smallest absolute Gasteiger partial charge is 0.269 e. The summed E-state index contributed by atoms with van der Waals surface area (Å²) in [7, 11) is -5.82. The second kappa shape index (κ2) is 11.4. The molecule has 0 aliphatic rings. The first-order chi connectivity index (χ1) is 17.7. The summed E-state index contributed by atoms with van der Waals surface area (Å²) in [5.41, 5.74) is 8.96. The summed E-state index contributed by atoms with van der Waals surface area (Å²) < 4.78 is 18.8. The van der Waals surface area contributed by atoms with Crippen LogP contribution in [0, 0.1) is 0 Å². The predicted octanol–water partition coefficient (Wildman–Crippen LogP) is 8.97. The zero-order valence-corrected chi connectivity index (χ0v) is 27.0. The van der Waals surface area contributed by atoms with Gasteiger partial charge in [-0.05, 0) is 99.3 Å². The molecule has 3 rings (SSSR count). The molecule has 6 heteroatoms. The minimum absolute atomic E-state index is 0.405. The van der Waals surface area contributed by atoms with Crippen molar-refractivity contribution in [2.24, 2.45) is 0 Å². The molecular weight excluding hydrogens is 517 g/mol. The third-order valence-corrected chi connectivity index (χ3v) is 12.1. The van der Waals surface area contributed by atoms with Gasteiger partial charge in [-0.25, -0.2) is 0 Å². The Hall–Kier alpha value is -3.07. The zero-order chi connectivity index (χ0) is 28.2. The fourth-order valence-corrected chi connectivity index (χ4v) is 6.59. The molecule has 3 aromatic carbocycles. The highest BCUT2D eigenvalue weighted by molar-refractivity contribution is 6.77. The Morgan fingerprint density at radius 3 is 0.868 bits per heavy atom. The Kier molecular flexibility index (Phi) is 8.81. The molecule has 38 heavy (non-hydrogen) atoms. The molecule has 0 aliphatic carbocycles. The SMILES string of the molecule is C=C[Si](C)(C)Oc1ccc(C(C)(c2ccc(O[Si](C)(C)C=C)cc2)c2ccc(O[Si](C)(C)C=C)cc2)cc1. The lowest BCUT2D eigenvalue weighted by molar-refractivity contribution is 0.560. The first kappa shape index (κ1) is 29.5. The Morgan fingerprint density at radius 2 is 0.684 bits per heavy atom. The van der Waals surface area contributed by atoms with Crippen molar-refractivity contribution in [2.45, 2.75) is 51.6 Å². The average Bonchev–Trinajstić information content (AvgIpc) is 2.89. The number of benzene rings is 3. The Morgan fingerprint density at radius 1 is 0.474 bits per heavy atom. The van der Waals surface area contributed by atoms with Crippen LogP contribution in [0.2, 0.25) is 39.3 Å². The molecular formula is C32H42O3Si3. The lowest BCUT2D eigenvalue weighted by atomic mass is 9.71. The standard InChI is InChI=1S/C32H42O3Si3/c1-11-36(5,6)33-29-20-14-26(15-21-29)32(4,27-16-22-30(23-17-27)34-37(7,8)12-2)28-18-24-31(25-19-28)35-38(9,10)13-3/h11-25H,1-3H2,4-10H3. The van der Waals surface area contributed by atoms with E-state index in [0.29, 0.717) is 0 Å². The largest absolute Gasteiger partial charge is 0.540 e. The van der Waals surface area contributed by atoms with Crippen molar-refractivity contribution in [3.05, 3.63) is 126 Å². The third-order valence-electron chi connectivity index (χ3n) is 6.91. The summed E-state index contributed by atoms with van der Waals surface area (Å²) in [4.78, 5) is 0. The van der Waals surface area contributed by atoms with Gasteiger partial charge < -0.3 is 13.3 Å². The van der Waals surface area contributed by atoms with E-state index in [0.717, 1.165) is 17.2 Å². The van der Waals surface area contributed by atoms with Crippen LogP contribution in [0.5, 0.6) is 17.2 Å². The second-order valence-electron chi connectivity index (χ2n) is 11.4. The molecule has 200 valence electrons. The molecule has 3 nitrogen and oxygen atoms in total. The molecule has 0 saturated heterocycles. The van der Waals surface area contributed by atoms with E-state index in [2.05, 4.69) is 139 Å². The summed E-state index contributed by atoms with van der Waals surface area (Å²) in [6.07, 6.45) is 0. The predicted molar refractivity (Wildman–Crippen MR) is 170 cm³/mol. The minimum Gasteiger partial charge on any atom is -0.540 e. The van der Waals surface area contributed by atoms with Crippen LogP contribution in [-0.2, 0) is 5.41 Å². The normalized spacial score (nSPS) is 12.4. The van der Waals surface area contributed by atoms with Crippen LogP contribution < -0.4 is 13.3 Å². The molecule has 0 fully saturated rings. The van der Waals surface area contributed by atoms with Gasteiger partial charge >= 0.3 is 0 Å². The lowest BCUT2D eigenvalue weighted by Gasteiger charge is -2.33. The van der Waals surface area contributed by atoms with Gasteiger partial charge in [-0.1, -0.05) is 53.5 Å².